The number of carbonyl (C=O) groups is 2. The number of hydrogen-bond acceptors (Lipinski definition) is 4. The molecule has 0 aliphatic carbocycles. The maximum atomic E-state index is 12.9. The van der Waals surface area contributed by atoms with Gasteiger partial charge in [0.05, 0.1) is 6.04 Å². The van der Waals surface area contributed by atoms with Crippen LogP contribution < -0.4 is 11.1 Å². The lowest BCUT2D eigenvalue weighted by Gasteiger charge is -2.31. The van der Waals surface area contributed by atoms with Gasteiger partial charge < -0.3 is 15.6 Å². The number of rotatable bonds is 7. The SMILES string of the molecule is CCC(NC(=O)C1CCN(S(=O)(=O)c2cc(C(N)=O)n(C)c2)CC1)c1ccc(C)cc1. The number of nitrogens with two attached hydrogens (primary N) is 1. The standard InChI is InChI=1S/C22H30N4O4S/c1-4-19(16-7-5-15(2)6-8-16)24-22(28)17-9-11-26(12-10-17)31(29,30)18-13-20(21(23)27)25(3)14-18/h5-8,13-14,17,19H,4,9-12H2,1-3H3,(H2,23,27)(H,24,28). The molecular weight excluding hydrogens is 416 g/mol. The van der Waals surface area contributed by atoms with Crippen LogP contribution in [0.2, 0.25) is 0 Å². The van der Waals surface area contributed by atoms with Crippen LogP contribution in [0.1, 0.15) is 53.8 Å². The fourth-order valence-corrected chi connectivity index (χ4v) is 5.48. The molecule has 1 saturated heterocycles. The van der Waals surface area contributed by atoms with Crippen LogP contribution in [0.15, 0.2) is 41.4 Å². The molecule has 1 aromatic carbocycles. The molecule has 31 heavy (non-hydrogen) atoms. The molecule has 1 unspecified atom stereocenters. The van der Waals surface area contributed by atoms with E-state index >= 15 is 0 Å². The predicted octanol–water partition coefficient (Wildman–Crippen LogP) is 2.10. The maximum absolute atomic E-state index is 12.9. The van der Waals surface area contributed by atoms with Crippen molar-refractivity contribution in [3.8, 4) is 0 Å². The van der Waals surface area contributed by atoms with Gasteiger partial charge in [0, 0.05) is 32.3 Å². The van der Waals surface area contributed by atoms with E-state index in [2.05, 4.69) is 5.32 Å². The second-order valence-corrected chi connectivity index (χ2v) is 10.0. The Morgan fingerprint density at radius 2 is 1.81 bits per heavy atom. The number of nitrogens with one attached hydrogen (secondary N) is 1. The van der Waals surface area contributed by atoms with E-state index in [9.17, 15) is 18.0 Å². The average molecular weight is 447 g/mol. The molecule has 1 aliphatic rings. The Hall–Kier alpha value is -2.65. The Kier molecular flexibility index (Phi) is 6.86. The number of primary amides is 1. The van der Waals surface area contributed by atoms with Crippen LogP contribution in [0, 0.1) is 12.8 Å². The predicted molar refractivity (Wildman–Crippen MR) is 118 cm³/mol. The summed E-state index contributed by atoms with van der Waals surface area (Å²) in [4.78, 5) is 24.3. The van der Waals surface area contributed by atoms with E-state index in [1.807, 2.05) is 38.1 Å². The van der Waals surface area contributed by atoms with Gasteiger partial charge in [0.15, 0.2) is 0 Å². The van der Waals surface area contributed by atoms with Crippen molar-refractivity contribution in [1.82, 2.24) is 14.2 Å². The highest BCUT2D eigenvalue weighted by molar-refractivity contribution is 7.89. The van der Waals surface area contributed by atoms with Crippen molar-refractivity contribution in [3.63, 3.8) is 0 Å². The first-order chi connectivity index (χ1) is 14.6. The highest BCUT2D eigenvalue weighted by atomic mass is 32.2. The highest BCUT2D eigenvalue weighted by Gasteiger charge is 2.33. The zero-order chi connectivity index (χ0) is 22.8. The second-order valence-electron chi connectivity index (χ2n) is 8.09. The monoisotopic (exact) mass is 446 g/mol. The number of hydrogen-bond donors (Lipinski definition) is 2. The summed E-state index contributed by atoms with van der Waals surface area (Å²) in [5, 5.41) is 3.12. The van der Waals surface area contributed by atoms with Crippen LogP contribution in [-0.4, -0.2) is 42.2 Å². The number of amides is 2. The van der Waals surface area contributed by atoms with Gasteiger partial charge in [-0.15, -0.1) is 0 Å². The highest BCUT2D eigenvalue weighted by Crippen LogP contribution is 2.26. The first-order valence-electron chi connectivity index (χ1n) is 10.5. The van der Waals surface area contributed by atoms with Gasteiger partial charge in [-0.3, -0.25) is 9.59 Å². The van der Waals surface area contributed by atoms with Gasteiger partial charge in [-0.25, -0.2) is 8.42 Å². The molecular formula is C22H30N4O4S. The fourth-order valence-electron chi connectivity index (χ4n) is 3.94. The molecule has 1 aromatic heterocycles. The number of sulfonamides is 1. The van der Waals surface area contributed by atoms with E-state index in [1.54, 1.807) is 7.05 Å². The van der Waals surface area contributed by atoms with E-state index < -0.39 is 15.9 Å². The molecule has 8 nitrogen and oxygen atoms in total. The van der Waals surface area contributed by atoms with Gasteiger partial charge in [-0.1, -0.05) is 36.8 Å². The molecule has 1 atom stereocenters. The maximum Gasteiger partial charge on any atom is 0.265 e. The van der Waals surface area contributed by atoms with Crippen molar-refractivity contribution in [1.29, 1.82) is 0 Å². The molecule has 3 N–H and O–H groups in total. The molecule has 0 spiro atoms. The van der Waals surface area contributed by atoms with Gasteiger partial charge in [0.1, 0.15) is 10.6 Å². The van der Waals surface area contributed by atoms with Crippen molar-refractivity contribution < 1.29 is 18.0 Å². The number of nitrogens with zero attached hydrogens (tertiary/aromatic N) is 2. The third-order valence-corrected chi connectivity index (χ3v) is 7.76. The smallest absolute Gasteiger partial charge is 0.265 e. The van der Waals surface area contributed by atoms with E-state index in [-0.39, 0.29) is 41.5 Å². The Morgan fingerprint density at radius 3 is 2.32 bits per heavy atom. The summed E-state index contributed by atoms with van der Waals surface area (Å²) in [6, 6.07) is 9.34. The molecule has 0 bridgehead atoms. The Bertz CT molecular complexity index is 1050. The largest absolute Gasteiger partial charge is 0.364 e. The van der Waals surface area contributed by atoms with Crippen LogP contribution in [0.25, 0.3) is 0 Å². The van der Waals surface area contributed by atoms with Crippen LogP contribution >= 0.6 is 0 Å². The van der Waals surface area contributed by atoms with Gasteiger partial charge in [-0.05, 0) is 37.8 Å². The third-order valence-electron chi connectivity index (χ3n) is 5.90. The number of aromatic nitrogens is 1. The number of aryl methyl sites for hydroxylation is 2. The lowest BCUT2D eigenvalue weighted by Crippen LogP contribution is -2.43. The Balaban J connectivity index is 1.63. The molecule has 1 aliphatic heterocycles. The van der Waals surface area contributed by atoms with Crippen molar-refractivity contribution >= 4 is 21.8 Å². The molecule has 168 valence electrons. The first-order valence-corrected chi connectivity index (χ1v) is 11.9. The average Bonchev–Trinajstić information content (AvgIpc) is 3.15. The Labute approximate surface area is 183 Å². The van der Waals surface area contributed by atoms with Crippen LogP contribution in [0.3, 0.4) is 0 Å². The van der Waals surface area contributed by atoms with Crippen LogP contribution in [0.4, 0.5) is 0 Å². The molecule has 9 heteroatoms. The zero-order valence-corrected chi connectivity index (χ0v) is 19.0. The lowest BCUT2D eigenvalue weighted by atomic mass is 9.95. The number of carbonyl (C=O) groups excluding carboxylic acids is 2. The van der Waals surface area contributed by atoms with Crippen molar-refractivity contribution in [2.24, 2.45) is 18.7 Å². The van der Waals surface area contributed by atoms with Gasteiger partial charge in [-0.2, -0.15) is 4.31 Å². The molecule has 2 heterocycles. The van der Waals surface area contributed by atoms with Gasteiger partial charge >= 0.3 is 0 Å². The minimum atomic E-state index is -3.75. The van der Waals surface area contributed by atoms with Gasteiger partial charge in [0.2, 0.25) is 15.9 Å². The summed E-state index contributed by atoms with van der Waals surface area (Å²) < 4.78 is 28.7. The molecule has 0 saturated carbocycles. The number of piperidine rings is 1. The van der Waals surface area contributed by atoms with E-state index in [1.165, 1.54) is 26.7 Å². The minimum absolute atomic E-state index is 0.0390. The lowest BCUT2D eigenvalue weighted by molar-refractivity contribution is -0.126. The Morgan fingerprint density at radius 1 is 1.19 bits per heavy atom. The number of benzene rings is 1. The van der Waals surface area contributed by atoms with Crippen molar-refractivity contribution in [3.05, 3.63) is 53.3 Å². The normalized spacial score (nSPS) is 16.7. The molecule has 0 radical (unpaired) electrons. The second kappa shape index (κ2) is 9.23. The zero-order valence-electron chi connectivity index (χ0n) is 18.2. The summed E-state index contributed by atoms with van der Waals surface area (Å²) in [6.07, 6.45) is 3.07. The summed E-state index contributed by atoms with van der Waals surface area (Å²) in [5.74, 6) is -0.957. The quantitative estimate of drug-likeness (QED) is 0.678. The summed E-state index contributed by atoms with van der Waals surface area (Å²) >= 11 is 0. The van der Waals surface area contributed by atoms with E-state index in [0.29, 0.717) is 12.8 Å². The first kappa shape index (κ1) is 23.0. The van der Waals surface area contributed by atoms with E-state index in [0.717, 1.165) is 12.0 Å². The van der Waals surface area contributed by atoms with Gasteiger partial charge in [0.25, 0.3) is 5.91 Å². The summed E-state index contributed by atoms with van der Waals surface area (Å²) in [5.41, 5.74) is 7.65. The van der Waals surface area contributed by atoms with Crippen molar-refractivity contribution in [2.45, 2.75) is 44.0 Å². The molecule has 2 aromatic rings. The van der Waals surface area contributed by atoms with Crippen LogP contribution in [0.5, 0.6) is 0 Å². The third kappa shape index (κ3) is 4.99. The topological polar surface area (TPSA) is 114 Å². The molecule has 2 amide bonds. The summed E-state index contributed by atoms with van der Waals surface area (Å²) in [7, 11) is -2.17. The molecule has 3 rings (SSSR count). The van der Waals surface area contributed by atoms with E-state index in [4.69, 9.17) is 5.73 Å². The molecule has 1 fully saturated rings. The fraction of sp³-hybridized carbons (Fsp3) is 0.455. The minimum Gasteiger partial charge on any atom is -0.364 e. The van der Waals surface area contributed by atoms with Crippen molar-refractivity contribution in [2.75, 3.05) is 13.1 Å². The van der Waals surface area contributed by atoms with Crippen LogP contribution in [-0.2, 0) is 21.9 Å². The summed E-state index contributed by atoms with van der Waals surface area (Å²) in [6.45, 7) is 4.56.